The maximum atomic E-state index is 11.5. The molecule has 2 N–H and O–H groups in total. The number of nitrogens with one attached hydrogen (secondary N) is 2. The lowest BCUT2D eigenvalue weighted by Gasteiger charge is -2.24. The predicted molar refractivity (Wildman–Crippen MR) is 63.0 cm³/mol. The second-order valence-corrected chi connectivity index (χ2v) is 5.76. The van der Waals surface area contributed by atoms with Crippen molar-refractivity contribution in [1.82, 2.24) is 10.6 Å². The molecule has 2 aliphatic carbocycles. The van der Waals surface area contributed by atoms with Crippen molar-refractivity contribution in [2.45, 2.75) is 57.0 Å². The number of carbonyl (C=O) groups excluding carboxylic acids is 1. The van der Waals surface area contributed by atoms with Gasteiger partial charge in [-0.1, -0.05) is 0 Å². The monoisotopic (exact) mass is 222 g/mol. The molecule has 3 aliphatic rings. The first-order chi connectivity index (χ1) is 7.83. The third kappa shape index (κ3) is 2.57. The Labute approximate surface area is 97.4 Å². The van der Waals surface area contributed by atoms with Gasteiger partial charge < -0.3 is 10.6 Å². The molecule has 3 fully saturated rings. The predicted octanol–water partition coefficient (Wildman–Crippen LogP) is 1.43. The summed E-state index contributed by atoms with van der Waals surface area (Å²) in [4.78, 5) is 11.5. The third-order valence-electron chi connectivity index (χ3n) is 4.17. The zero-order chi connectivity index (χ0) is 11.0. The summed E-state index contributed by atoms with van der Waals surface area (Å²) in [6.07, 6.45) is 8.62. The molecule has 3 nitrogen and oxygen atoms in total. The van der Waals surface area contributed by atoms with Crippen LogP contribution in [0, 0.1) is 11.8 Å². The third-order valence-corrected chi connectivity index (χ3v) is 4.17. The first-order valence-electron chi connectivity index (χ1n) is 6.85. The Bertz CT molecular complexity index is 259. The standard InChI is InChI=1S/C13H22N2O/c16-12-8-11(2-1-7-14-12)15-13(9-3-4-9)10-5-6-10/h9-11,13,15H,1-8H2,(H,14,16). The molecule has 0 aromatic heterocycles. The van der Waals surface area contributed by atoms with Crippen LogP contribution in [0.4, 0.5) is 0 Å². The van der Waals surface area contributed by atoms with E-state index in [-0.39, 0.29) is 5.91 Å². The Morgan fingerprint density at radius 3 is 2.44 bits per heavy atom. The molecule has 2 saturated carbocycles. The molecule has 0 radical (unpaired) electrons. The van der Waals surface area contributed by atoms with Crippen LogP contribution in [0.5, 0.6) is 0 Å². The van der Waals surface area contributed by atoms with E-state index < -0.39 is 0 Å². The van der Waals surface area contributed by atoms with Crippen molar-refractivity contribution < 1.29 is 4.79 Å². The molecule has 90 valence electrons. The maximum absolute atomic E-state index is 11.5. The first-order valence-corrected chi connectivity index (χ1v) is 6.85. The molecular formula is C13H22N2O. The first kappa shape index (κ1) is 10.6. The fourth-order valence-corrected chi connectivity index (χ4v) is 2.96. The minimum absolute atomic E-state index is 0.236. The second-order valence-electron chi connectivity index (χ2n) is 5.76. The van der Waals surface area contributed by atoms with Gasteiger partial charge in [-0.25, -0.2) is 0 Å². The Morgan fingerprint density at radius 1 is 1.12 bits per heavy atom. The van der Waals surface area contributed by atoms with Crippen LogP contribution in [-0.4, -0.2) is 24.5 Å². The van der Waals surface area contributed by atoms with Gasteiger partial charge in [0.15, 0.2) is 0 Å². The van der Waals surface area contributed by atoms with Crippen LogP contribution in [0.3, 0.4) is 0 Å². The molecule has 1 amide bonds. The van der Waals surface area contributed by atoms with E-state index >= 15 is 0 Å². The highest BCUT2D eigenvalue weighted by atomic mass is 16.1. The lowest BCUT2D eigenvalue weighted by molar-refractivity contribution is -0.121. The molecule has 1 unspecified atom stereocenters. The van der Waals surface area contributed by atoms with Gasteiger partial charge in [0.1, 0.15) is 0 Å². The Morgan fingerprint density at radius 2 is 1.81 bits per heavy atom. The lowest BCUT2D eigenvalue weighted by atomic mass is 10.0. The van der Waals surface area contributed by atoms with E-state index in [4.69, 9.17) is 0 Å². The van der Waals surface area contributed by atoms with Gasteiger partial charge in [0.2, 0.25) is 5.91 Å². The lowest BCUT2D eigenvalue weighted by Crippen LogP contribution is -2.42. The molecule has 1 saturated heterocycles. The number of amides is 1. The highest BCUT2D eigenvalue weighted by Crippen LogP contribution is 2.44. The average Bonchev–Trinajstić information content (AvgIpc) is 3.12. The molecule has 0 aromatic carbocycles. The fourth-order valence-electron chi connectivity index (χ4n) is 2.96. The summed E-state index contributed by atoms with van der Waals surface area (Å²) in [5, 5.41) is 6.75. The van der Waals surface area contributed by atoms with Crippen LogP contribution in [-0.2, 0) is 4.79 Å². The van der Waals surface area contributed by atoms with E-state index in [0.29, 0.717) is 12.5 Å². The van der Waals surface area contributed by atoms with Gasteiger partial charge in [-0.2, -0.15) is 0 Å². The molecule has 3 heteroatoms. The minimum Gasteiger partial charge on any atom is -0.356 e. The fraction of sp³-hybridized carbons (Fsp3) is 0.923. The van der Waals surface area contributed by atoms with E-state index in [0.717, 1.165) is 37.3 Å². The van der Waals surface area contributed by atoms with Crippen molar-refractivity contribution >= 4 is 5.91 Å². The van der Waals surface area contributed by atoms with Gasteiger partial charge in [0.25, 0.3) is 0 Å². The van der Waals surface area contributed by atoms with Crippen LogP contribution in [0.15, 0.2) is 0 Å². The average molecular weight is 222 g/mol. The molecular weight excluding hydrogens is 200 g/mol. The minimum atomic E-state index is 0.236. The van der Waals surface area contributed by atoms with Gasteiger partial charge in [-0.05, 0) is 50.4 Å². The van der Waals surface area contributed by atoms with Crippen molar-refractivity contribution in [2.24, 2.45) is 11.8 Å². The van der Waals surface area contributed by atoms with E-state index in [1.807, 2.05) is 0 Å². The van der Waals surface area contributed by atoms with Gasteiger partial charge >= 0.3 is 0 Å². The highest BCUT2D eigenvalue weighted by Gasteiger charge is 2.42. The van der Waals surface area contributed by atoms with E-state index in [1.165, 1.54) is 25.7 Å². The summed E-state index contributed by atoms with van der Waals surface area (Å²) in [5.41, 5.74) is 0. The zero-order valence-electron chi connectivity index (χ0n) is 9.87. The Kier molecular flexibility index (Phi) is 2.88. The molecule has 1 aliphatic heterocycles. The van der Waals surface area contributed by atoms with Crippen molar-refractivity contribution in [1.29, 1.82) is 0 Å². The molecule has 0 spiro atoms. The van der Waals surface area contributed by atoms with Gasteiger partial charge in [-0.15, -0.1) is 0 Å². The van der Waals surface area contributed by atoms with Crippen LogP contribution in [0.1, 0.15) is 44.9 Å². The Balaban J connectivity index is 1.56. The normalized spacial score (nSPS) is 31.3. The van der Waals surface area contributed by atoms with E-state index in [9.17, 15) is 4.79 Å². The van der Waals surface area contributed by atoms with Gasteiger partial charge in [0.05, 0.1) is 0 Å². The van der Waals surface area contributed by atoms with Crippen molar-refractivity contribution in [2.75, 3.05) is 6.54 Å². The van der Waals surface area contributed by atoms with Crippen molar-refractivity contribution in [3.8, 4) is 0 Å². The van der Waals surface area contributed by atoms with Crippen LogP contribution in [0.2, 0.25) is 0 Å². The molecule has 1 atom stereocenters. The maximum Gasteiger partial charge on any atom is 0.221 e. The van der Waals surface area contributed by atoms with Gasteiger partial charge in [0, 0.05) is 25.0 Å². The van der Waals surface area contributed by atoms with E-state index in [1.54, 1.807) is 0 Å². The topological polar surface area (TPSA) is 41.1 Å². The van der Waals surface area contributed by atoms with Crippen molar-refractivity contribution in [3.63, 3.8) is 0 Å². The molecule has 0 bridgehead atoms. The number of hydrogen-bond donors (Lipinski definition) is 2. The molecule has 1 heterocycles. The smallest absolute Gasteiger partial charge is 0.221 e. The largest absolute Gasteiger partial charge is 0.356 e. The zero-order valence-corrected chi connectivity index (χ0v) is 9.87. The summed E-state index contributed by atoms with van der Waals surface area (Å²) in [7, 11) is 0. The summed E-state index contributed by atoms with van der Waals surface area (Å²) < 4.78 is 0. The Hall–Kier alpha value is -0.570. The number of carbonyl (C=O) groups is 1. The second kappa shape index (κ2) is 4.36. The van der Waals surface area contributed by atoms with Crippen LogP contribution >= 0.6 is 0 Å². The number of hydrogen-bond acceptors (Lipinski definition) is 2. The molecule has 0 aromatic rings. The van der Waals surface area contributed by atoms with Crippen LogP contribution in [0.25, 0.3) is 0 Å². The van der Waals surface area contributed by atoms with E-state index in [2.05, 4.69) is 10.6 Å². The quantitative estimate of drug-likeness (QED) is 0.755. The summed E-state index contributed by atoms with van der Waals surface area (Å²) >= 11 is 0. The highest BCUT2D eigenvalue weighted by molar-refractivity contribution is 5.76. The van der Waals surface area contributed by atoms with Crippen LogP contribution < -0.4 is 10.6 Å². The molecule has 3 rings (SSSR count). The summed E-state index contributed by atoms with van der Waals surface area (Å²) in [6.45, 7) is 0.870. The van der Waals surface area contributed by atoms with Gasteiger partial charge in [-0.3, -0.25) is 4.79 Å². The molecule has 16 heavy (non-hydrogen) atoms. The summed E-state index contributed by atoms with van der Waals surface area (Å²) in [6, 6.07) is 1.17. The van der Waals surface area contributed by atoms with Crippen molar-refractivity contribution in [3.05, 3.63) is 0 Å². The number of rotatable bonds is 4. The SMILES string of the molecule is O=C1CC(NC(C2CC2)C2CC2)CCCN1. The summed E-state index contributed by atoms with van der Waals surface area (Å²) in [5.74, 6) is 2.10.